The highest BCUT2D eigenvalue weighted by atomic mass is 16.5. The van der Waals surface area contributed by atoms with Gasteiger partial charge in [-0.05, 0) is 64.1 Å². The van der Waals surface area contributed by atoms with Crippen LogP contribution >= 0.6 is 0 Å². The van der Waals surface area contributed by atoms with E-state index in [0.717, 1.165) is 67.7 Å². The SMILES string of the molecule is CCCCCCCCCCCCCCCCCC(=O)OCCC(C)(C)C(=O)n1c(C)c(CC)c2c1CC1CCN(C)CC1C2=O. The van der Waals surface area contributed by atoms with E-state index in [1.807, 2.05) is 25.3 Å². The first-order valence-corrected chi connectivity index (χ1v) is 18.8. The second kappa shape index (κ2) is 19.0. The fraction of sp³-hybridized carbons (Fsp3) is 0.821. The van der Waals surface area contributed by atoms with Crippen LogP contribution in [0.15, 0.2) is 0 Å². The molecule has 0 bridgehead atoms. The number of likely N-dealkylation sites (tertiary alicyclic amines) is 1. The number of hydrogen-bond acceptors (Lipinski definition) is 5. The van der Waals surface area contributed by atoms with Crippen molar-refractivity contribution in [3.05, 3.63) is 22.5 Å². The number of fused-ring (bicyclic) bond motifs is 2. The van der Waals surface area contributed by atoms with Crippen molar-refractivity contribution in [1.82, 2.24) is 9.47 Å². The van der Waals surface area contributed by atoms with E-state index >= 15 is 0 Å². The monoisotopic (exact) mass is 627 g/mol. The van der Waals surface area contributed by atoms with Gasteiger partial charge >= 0.3 is 5.97 Å². The van der Waals surface area contributed by atoms with Gasteiger partial charge in [-0.15, -0.1) is 0 Å². The van der Waals surface area contributed by atoms with Crippen molar-refractivity contribution >= 4 is 17.7 Å². The van der Waals surface area contributed by atoms with Gasteiger partial charge in [-0.1, -0.05) is 118 Å². The Balaban J connectivity index is 1.34. The molecule has 2 unspecified atom stereocenters. The van der Waals surface area contributed by atoms with Crippen LogP contribution in [0.1, 0.15) is 175 Å². The van der Waals surface area contributed by atoms with Crippen molar-refractivity contribution in [2.45, 2.75) is 163 Å². The van der Waals surface area contributed by atoms with Crippen LogP contribution in [0.4, 0.5) is 0 Å². The molecule has 0 spiro atoms. The van der Waals surface area contributed by atoms with Crippen molar-refractivity contribution in [1.29, 1.82) is 0 Å². The molecule has 45 heavy (non-hydrogen) atoms. The second-order valence-electron chi connectivity index (χ2n) is 14.9. The summed E-state index contributed by atoms with van der Waals surface area (Å²) < 4.78 is 7.45. The molecule has 256 valence electrons. The third kappa shape index (κ3) is 10.8. The molecule has 0 amide bonds. The number of carbonyl (C=O) groups excluding carboxylic acids is 3. The Morgan fingerprint density at radius 2 is 1.42 bits per heavy atom. The Bertz CT molecular complexity index is 1090. The molecule has 0 saturated carbocycles. The van der Waals surface area contributed by atoms with Crippen LogP contribution in [0, 0.1) is 24.2 Å². The Morgan fingerprint density at radius 1 is 0.867 bits per heavy atom. The van der Waals surface area contributed by atoms with E-state index in [4.69, 9.17) is 4.74 Å². The molecule has 6 nitrogen and oxygen atoms in total. The van der Waals surface area contributed by atoms with E-state index in [2.05, 4.69) is 25.8 Å². The number of ether oxygens (including phenoxy) is 1. The fourth-order valence-corrected chi connectivity index (χ4v) is 7.68. The summed E-state index contributed by atoms with van der Waals surface area (Å²) in [6.45, 7) is 12.3. The number of rotatable bonds is 21. The van der Waals surface area contributed by atoms with Gasteiger partial charge in [0.1, 0.15) is 0 Å². The Kier molecular flexibility index (Phi) is 15.8. The highest BCUT2D eigenvalue weighted by Gasteiger charge is 2.44. The molecule has 1 aromatic heterocycles. The van der Waals surface area contributed by atoms with E-state index in [9.17, 15) is 14.4 Å². The van der Waals surface area contributed by atoms with Gasteiger partial charge in [-0.2, -0.15) is 0 Å². The van der Waals surface area contributed by atoms with Gasteiger partial charge in [0.25, 0.3) is 0 Å². The molecule has 0 radical (unpaired) electrons. The van der Waals surface area contributed by atoms with Gasteiger partial charge in [-0.3, -0.25) is 19.0 Å². The molecule has 1 aliphatic carbocycles. The minimum absolute atomic E-state index is 0.00795. The predicted molar refractivity (Wildman–Crippen MR) is 185 cm³/mol. The normalized spacial score (nSPS) is 18.6. The summed E-state index contributed by atoms with van der Waals surface area (Å²) in [6.07, 6.45) is 23.0. The zero-order valence-electron chi connectivity index (χ0n) is 29.9. The Labute approximate surface area is 275 Å². The predicted octanol–water partition coefficient (Wildman–Crippen LogP) is 9.53. The van der Waals surface area contributed by atoms with Crippen molar-refractivity contribution in [2.24, 2.45) is 17.3 Å². The lowest BCUT2D eigenvalue weighted by molar-refractivity contribution is -0.144. The minimum Gasteiger partial charge on any atom is -0.466 e. The summed E-state index contributed by atoms with van der Waals surface area (Å²) in [5.74, 6) is 0.410. The third-order valence-electron chi connectivity index (χ3n) is 10.7. The molecule has 1 aliphatic heterocycles. The van der Waals surface area contributed by atoms with E-state index in [0.29, 0.717) is 18.8 Å². The van der Waals surface area contributed by atoms with Crippen molar-refractivity contribution in [2.75, 3.05) is 26.7 Å². The van der Waals surface area contributed by atoms with Crippen molar-refractivity contribution in [3.8, 4) is 0 Å². The van der Waals surface area contributed by atoms with Crippen LogP contribution in [-0.4, -0.2) is 53.9 Å². The number of nitrogens with zero attached hydrogens (tertiary/aromatic N) is 2. The third-order valence-corrected chi connectivity index (χ3v) is 10.7. The van der Waals surface area contributed by atoms with Crippen LogP contribution in [0.5, 0.6) is 0 Å². The average Bonchev–Trinajstić information content (AvgIpc) is 3.29. The van der Waals surface area contributed by atoms with E-state index in [1.165, 1.54) is 83.5 Å². The molecule has 2 atom stereocenters. The number of Topliss-reactive ketones (excluding diaryl/α,β-unsaturated/α-hetero) is 1. The summed E-state index contributed by atoms with van der Waals surface area (Å²) in [7, 11) is 2.09. The first-order chi connectivity index (χ1) is 21.6. The summed E-state index contributed by atoms with van der Waals surface area (Å²) in [6, 6.07) is 0. The highest BCUT2D eigenvalue weighted by molar-refractivity contribution is 6.04. The molecule has 0 aromatic carbocycles. The lowest BCUT2D eigenvalue weighted by Gasteiger charge is -2.39. The zero-order chi connectivity index (χ0) is 32.8. The Morgan fingerprint density at radius 3 is 1.98 bits per heavy atom. The molecule has 1 fully saturated rings. The summed E-state index contributed by atoms with van der Waals surface area (Å²) in [5, 5.41) is 0. The molecular weight excluding hydrogens is 560 g/mol. The van der Waals surface area contributed by atoms with Gasteiger partial charge in [0.15, 0.2) is 5.78 Å². The maximum atomic E-state index is 14.0. The quantitative estimate of drug-likeness (QED) is 0.100. The highest BCUT2D eigenvalue weighted by Crippen LogP contribution is 2.40. The number of carbonyl (C=O) groups is 3. The number of ketones is 1. The summed E-state index contributed by atoms with van der Waals surface area (Å²) in [5.41, 5.74) is 2.96. The largest absolute Gasteiger partial charge is 0.466 e. The van der Waals surface area contributed by atoms with Crippen LogP contribution in [0.25, 0.3) is 0 Å². The van der Waals surface area contributed by atoms with E-state index in [1.54, 1.807) is 0 Å². The lowest BCUT2D eigenvalue weighted by Crippen LogP contribution is -2.46. The fourth-order valence-electron chi connectivity index (χ4n) is 7.68. The zero-order valence-corrected chi connectivity index (χ0v) is 29.9. The van der Waals surface area contributed by atoms with E-state index < -0.39 is 5.41 Å². The van der Waals surface area contributed by atoms with Crippen molar-refractivity contribution in [3.63, 3.8) is 0 Å². The maximum absolute atomic E-state index is 14.0. The average molecular weight is 627 g/mol. The lowest BCUT2D eigenvalue weighted by atomic mass is 9.72. The number of piperidine rings is 1. The second-order valence-corrected chi connectivity index (χ2v) is 14.9. The molecule has 2 heterocycles. The molecule has 3 rings (SSSR count). The molecule has 0 N–H and O–H groups in total. The van der Waals surface area contributed by atoms with Crippen molar-refractivity contribution < 1.29 is 19.1 Å². The number of aromatic nitrogens is 1. The number of unbranched alkanes of at least 4 members (excludes halogenated alkanes) is 14. The number of hydrogen-bond donors (Lipinski definition) is 0. The standard InChI is InChI=1S/C39H66N2O4/c1-7-9-10-11-12-13-14-15-16-17-18-19-20-21-22-23-35(42)45-27-25-39(4,5)38(44)41-30(3)32(8-2)36-34(41)28-31-24-26-40(6)29-33(31)37(36)43/h31,33H,7-29H2,1-6H3. The van der Waals surface area contributed by atoms with Crippen LogP contribution in [0.2, 0.25) is 0 Å². The van der Waals surface area contributed by atoms with Gasteiger partial charge in [-0.25, -0.2) is 0 Å². The van der Waals surface area contributed by atoms with Crippen LogP contribution in [-0.2, 0) is 22.4 Å². The smallest absolute Gasteiger partial charge is 0.305 e. The molecule has 6 heteroatoms. The summed E-state index contributed by atoms with van der Waals surface area (Å²) in [4.78, 5) is 42.4. The van der Waals surface area contributed by atoms with Gasteiger partial charge in [0, 0.05) is 41.2 Å². The molecular formula is C39H66N2O4. The van der Waals surface area contributed by atoms with E-state index in [-0.39, 0.29) is 30.2 Å². The number of esters is 1. The minimum atomic E-state index is -0.704. The molecule has 1 aromatic rings. The van der Waals surface area contributed by atoms with Crippen LogP contribution in [0.3, 0.4) is 0 Å². The van der Waals surface area contributed by atoms with Gasteiger partial charge < -0.3 is 9.64 Å². The maximum Gasteiger partial charge on any atom is 0.305 e. The molecule has 1 saturated heterocycles. The first kappa shape index (κ1) is 37.5. The van der Waals surface area contributed by atoms with Gasteiger partial charge in [0.05, 0.1) is 6.61 Å². The molecule has 2 aliphatic rings. The first-order valence-electron chi connectivity index (χ1n) is 18.8. The Hall–Kier alpha value is -1.95. The summed E-state index contributed by atoms with van der Waals surface area (Å²) >= 11 is 0. The van der Waals surface area contributed by atoms with Crippen LogP contribution < -0.4 is 0 Å². The van der Waals surface area contributed by atoms with Gasteiger partial charge in [0.2, 0.25) is 5.91 Å². The topological polar surface area (TPSA) is 68.6 Å².